The van der Waals surface area contributed by atoms with Crippen LogP contribution in [-0.4, -0.2) is 23.3 Å². The second kappa shape index (κ2) is 28.2. The number of allylic oxidation sites excluding steroid dienone is 20. The fourth-order valence-corrected chi connectivity index (χ4v) is 8.70. The van der Waals surface area contributed by atoms with Gasteiger partial charge >= 0.3 is 5.97 Å². The van der Waals surface area contributed by atoms with Crippen LogP contribution in [0.15, 0.2) is 130 Å². The molecule has 0 bridgehead atoms. The summed E-state index contributed by atoms with van der Waals surface area (Å²) in [6, 6.07) is 0. The molecule has 3 atom stereocenters. The maximum absolute atomic E-state index is 12.7. The summed E-state index contributed by atoms with van der Waals surface area (Å²) in [4.78, 5) is 12.7. The van der Waals surface area contributed by atoms with E-state index in [1.807, 2.05) is 0 Å². The summed E-state index contributed by atoms with van der Waals surface area (Å²) in [5, 5.41) is 10.2. The van der Waals surface area contributed by atoms with Gasteiger partial charge in [-0.15, -0.1) is 0 Å². The van der Waals surface area contributed by atoms with E-state index in [4.69, 9.17) is 4.74 Å². The highest BCUT2D eigenvalue weighted by Gasteiger charge is 2.36. The monoisotopic (exact) mass is 807 g/mol. The van der Waals surface area contributed by atoms with Gasteiger partial charge in [0.05, 0.1) is 6.10 Å². The zero-order valence-electron chi connectivity index (χ0n) is 39.7. The van der Waals surface area contributed by atoms with E-state index in [0.29, 0.717) is 12.3 Å². The highest BCUT2D eigenvalue weighted by Crippen LogP contribution is 2.43. The SMILES string of the molecule is CCCCCCCCCCCCCCCC(=O)O[C@H]1C=C(C)[C@H](/C=C/C(C)=C/C=C/C(C)=C/C=C/C=C(C)/C=C/C=C(C)/C=C/C2=C(C)C[C@@H](O)CC2(C)C)C(C)(C)C1. The Kier molecular flexibility index (Phi) is 24.7. The van der Waals surface area contributed by atoms with Crippen LogP contribution in [0.4, 0.5) is 0 Å². The lowest BCUT2D eigenvalue weighted by molar-refractivity contribution is -0.148. The molecule has 0 fully saturated rings. The first-order valence-electron chi connectivity index (χ1n) is 23.4. The predicted octanol–water partition coefficient (Wildman–Crippen LogP) is 16.4. The highest BCUT2D eigenvalue weighted by atomic mass is 16.5. The zero-order valence-corrected chi connectivity index (χ0v) is 39.7. The maximum atomic E-state index is 12.7. The van der Waals surface area contributed by atoms with Crippen molar-refractivity contribution < 1.29 is 14.6 Å². The van der Waals surface area contributed by atoms with Crippen molar-refractivity contribution in [1.29, 1.82) is 0 Å². The van der Waals surface area contributed by atoms with E-state index in [0.717, 1.165) is 32.1 Å². The van der Waals surface area contributed by atoms with E-state index in [2.05, 4.69) is 167 Å². The third-order valence-corrected chi connectivity index (χ3v) is 12.1. The van der Waals surface area contributed by atoms with Crippen LogP contribution in [0.1, 0.15) is 185 Å². The Labute approximate surface area is 363 Å². The molecule has 0 unspecified atom stereocenters. The standard InChI is InChI=1S/C56H86O3/c1-12-13-14-15-16-17-18-19-20-21-22-23-24-35-54(58)59-51-41-49(7)53(56(10,11)43-51)39-37-47(5)34-28-32-45(3)30-26-25-29-44(2)31-27-33-46(4)36-38-52-48(6)40-50(57)42-55(52,8)9/h25-34,36-39,41,50-51,53,57H,12-24,35,40,42-43H2,1-11H3/b26-25+,31-27+,32-28+,38-36+,39-37+,44-29+,45-30+,46-33+,47-34+/t50-,51+,53+/m1/s1. The van der Waals surface area contributed by atoms with Gasteiger partial charge in [-0.25, -0.2) is 0 Å². The fraction of sp³-hybridized carbons (Fsp3) is 0.589. The summed E-state index contributed by atoms with van der Waals surface area (Å²) in [5.41, 5.74) is 8.68. The quantitative estimate of drug-likeness (QED) is 0.0433. The normalized spacial score (nSPS) is 22.2. The van der Waals surface area contributed by atoms with Crippen molar-refractivity contribution >= 4 is 5.97 Å². The topological polar surface area (TPSA) is 46.5 Å². The summed E-state index contributed by atoms with van der Waals surface area (Å²) < 4.78 is 5.97. The molecule has 1 N–H and O–H groups in total. The van der Waals surface area contributed by atoms with Crippen LogP contribution in [0, 0.1) is 16.7 Å². The molecule has 3 nitrogen and oxygen atoms in total. The van der Waals surface area contributed by atoms with E-state index in [9.17, 15) is 9.90 Å². The number of rotatable bonds is 25. The zero-order chi connectivity index (χ0) is 43.7. The first-order valence-corrected chi connectivity index (χ1v) is 23.4. The van der Waals surface area contributed by atoms with Crippen molar-refractivity contribution in [2.75, 3.05) is 0 Å². The van der Waals surface area contributed by atoms with Crippen LogP contribution in [0.25, 0.3) is 0 Å². The van der Waals surface area contributed by atoms with Crippen LogP contribution in [0.3, 0.4) is 0 Å². The molecule has 0 aromatic heterocycles. The van der Waals surface area contributed by atoms with E-state index < -0.39 is 0 Å². The van der Waals surface area contributed by atoms with Gasteiger partial charge in [-0.3, -0.25) is 4.79 Å². The first-order chi connectivity index (χ1) is 28.0. The van der Waals surface area contributed by atoms with Crippen LogP contribution >= 0.6 is 0 Å². The van der Waals surface area contributed by atoms with Gasteiger partial charge in [-0.05, 0) is 89.7 Å². The Morgan fingerprint density at radius 3 is 1.66 bits per heavy atom. The highest BCUT2D eigenvalue weighted by molar-refractivity contribution is 5.69. The van der Waals surface area contributed by atoms with Crippen LogP contribution in [0.2, 0.25) is 0 Å². The number of ether oxygens (including phenoxy) is 1. The Morgan fingerprint density at radius 2 is 1.15 bits per heavy atom. The summed E-state index contributed by atoms with van der Waals surface area (Å²) in [6.45, 7) is 24.1. The van der Waals surface area contributed by atoms with Crippen molar-refractivity contribution in [3.63, 3.8) is 0 Å². The molecule has 0 saturated heterocycles. The molecule has 2 aliphatic carbocycles. The van der Waals surface area contributed by atoms with Crippen LogP contribution < -0.4 is 0 Å². The lowest BCUT2D eigenvalue weighted by Crippen LogP contribution is -2.34. The molecule has 0 amide bonds. The van der Waals surface area contributed by atoms with E-state index >= 15 is 0 Å². The van der Waals surface area contributed by atoms with Crippen LogP contribution in [0.5, 0.6) is 0 Å². The van der Waals surface area contributed by atoms with Gasteiger partial charge in [0.1, 0.15) is 6.10 Å². The van der Waals surface area contributed by atoms with Crippen LogP contribution in [-0.2, 0) is 9.53 Å². The molecular weight excluding hydrogens is 721 g/mol. The molecule has 0 aromatic rings. The number of hydrogen-bond acceptors (Lipinski definition) is 3. The molecule has 0 aliphatic heterocycles. The molecule has 0 spiro atoms. The molecule has 2 rings (SSSR count). The molecule has 0 aromatic carbocycles. The second-order valence-electron chi connectivity index (χ2n) is 19.2. The van der Waals surface area contributed by atoms with Gasteiger partial charge in [-0.1, -0.05) is 230 Å². The number of aliphatic hydroxyl groups excluding tert-OH is 1. The maximum Gasteiger partial charge on any atom is 0.306 e. The van der Waals surface area contributed by atoms with E-state index in [-0.39, 0.29) is 29.0 Å². The second-order valence-corrected chi connectivity index (χ2v) is 19.2. The summed E-state index contributed by atoms with van der Waals surface area (Å²) >= 11 is 0. The molecule has 328 valence electrons. The van der Waals surface area contributed by atoms with Crippen molar-refractivity contribution in [3.8, 4) is 0 Å². The van der Waals surface area contributed by atoms with Gasteiger partial charge in [0.2, 0.25) is 0 Å². The van der Waals surface area contributed by atoms with E-state index in [1.165, 1.54) is 110 Å². The van der Waals surface area contributed by atoms with Crippen molar-refractivity contribution in [1.82, 2.24) is 0 Å². The Balaban J connectivity index is 1.76. The Hall–Kier alpha value is -3.43. The van der Waals surface area contributed by atoms with E-state index in [1.54, 1.807) is 0 Å². The van der Waals surface area contributed by atoms with Gasteiger partial charge in [0.15, 0.2) is 0 Å². The average Bonchev–Trinajstić information content (AvgIpc) is 3.13. The molecule has 0 heterocycles. The van der Waals surface area contributed by atoms with Crippen molar-refractivity contribution in [2.45, 2.75) is 198 Å². The number of aliphatic hydroxyl groups is 1. The lowest BCUT2D eigenvalue weighted by atomic mass is 9.67. The Bertz CT molecular complexity index is 1620. The van der Waals surface area contributed by atoms with Crippen molar-refractivity contribution in [3.05, 3.63) is 130 Å². The first kappa shape index (κ1) is 51.7. The van der Waals surface area contributed by atoms with Crippen molar-refractivity contribution in [2.24, 2.45) is 16.7 Å². The number of esters is 1. The third-order valence-electron chi connectivity index (χ3n) is 12.1. The largest absolute Gasteiger partial charge is 0.458 e. The number of hydrogen-bond donors (Lipinski definition) is 1. The van der Waals surface area contributed by atoms with Gasteiger partial charge in [0.25, 0.3) is 0 Å². The number of carbonyl (C=O) groups excluding carboxylic acids is 1. The van der Waals surface area contributed by atoms with Gasteiger partial charge < -0.3 is 9.84 Å². The lowest BCUT2D eigenvalue weighted by Gasteiger charge is -2.40. The smallest absolute Gasteiger partial charge is 0.306 e. The molecule has 59 heavy (non-hydrogen) atoms. The molecule has 2 aliphatic rings. The summed E-state index contributed by atoms with van der Waals surface area (Å²) in [5.74, 6) is 0.258. The molecular formula is C56H86O3. The summed E-state index contributed by atoms with van der Waals surface area (Å²) in [6.07, 6.45) is 51.9. The third kappa shape index (κ3) is 22.1. The average molecular weight is 807 g/mol. The van der Waals surface area contributed by atoms with Gasteiger partial charge in [0, 0.05) is 12.3 Å². The van der Waals surface area contributed by atoms with Gasteiger partial charge in [-0.2, -0.15) is 0 Å². The minimum Gasteiger partial charge on any atom is -0.458 e. The molecule has 0 saturated carbocycles. The minimum atomic E-state index is -0.233. The molecule has 0 radical (unpaired) electrons. The Morgan fingerprint density at radius 1 is 0.678 bits per heavy atom. The fourth-order valence-electron chi connectivity index (χ4n) is 8.70. The number of carbonyl (C=O) groups is 1. The summed E-state index contributed by atoms with van der Waals surface area (Å²) in [7, 11) is 0. The molecule has 3 heteroatoms. The minimum absolute atomic E-state index is 0.00293. The predicted molar refractivity (Wildman–Crippen MR) is 258 cm³/mol. The number of unbranched alkanes of at least 4 members (excludes halogenated alkanes) is 12.